The molecule has 0 saturated carbocycles. The lowest BCUT2D eigenvalue weighted by Crippen LogP contribution is -2.08. The van der Waals surface area contributed by atoms with Crippen LogP contribution in [-0.4, -0.2) is 21.0 Å². The Bertz CT molecular complexity index is 638. The Hall–Kier alpha value is -2.18. The maximum absolute atomic E-state index is 12.5. The summed E-state index contributed by atoms with van der Waals surface area (Å²) < 4.78 is 37.6. The lowest BCUT2D eigenvalue weighted by molar-refractivity contribution is -0.137. The van der Waals surface area contributed by atoms with Crippen molar-refractivity contribution in [2.75, 3.05) is 0 Å². The number of carboxylic acid groups (broad SMARTS) is 1. The number of carbonyl (C=O) groups is 1. The molecule has 0 unspecified atom stereocenters. The van der Waals surface area contributed by atoms with Gasteiger partial charge in [-0.3, -0.25) is 0 Å². The molecule has 1 N–H and O–H groups in total. The number of benzene rings is 1. The number of aromatic nitrogens is 2. The lowest BCUT2D eigenvalue weighted by Gasteiger charge is -2.08. The summed E-state index contributed by atoms with van der Waals surface area (Å²) >= 11 is 0. The number of hydrogen-bond donors (Lipinski definition) is 1. The largest absolute Gasteiger partial charge is 0.475 e. The molecule has 1 heterocycles. The lowest BCUT2D eigenvalue weighted by atomic mass is 10.1. The zero-order chi connectivity index (χ0) is 13.5. The summed E-state index contributed by atoms with van der Waals surface area (Å²) in [7, 11) is 0. The van der Waals surface area contributed by atoms with E-state index >= 15 is 0 Å². The predicted octanol–water partition coefficient (Wildman–Crippen LogP) is 2.66. The molecule has 0 aliphatic heterocycles. The minimum absolute atomic E-state index is 0.174. The van der Waals surface area contributed by atoms with E-state index in [0.717, 1.165) is 18.2 Å². The van der Waals surface area contributed by atoms with Crippen LogP contribution < -0.4 is 0 Å². The zero-order valence-electron chi connectivity index (χ0n) is 9.12. The first kappa shape index (κ1) is 12.3. The van der Waals surface area contributed by atoms with Gasteiger partial charge in [0.15, 0.2) is 0 Å². The molecule has 0 radical (unpaired) electrons. The van der Waals surface area contributed by atoms with Gasteiger partial charge in [0, 0.05) is 11.1 Å². The van der Waals surface area contributed by atoms with Gasteiger partial charge in [-0.25, -0.2) is 14.8 Å². The van der Waals surface area contributed by atoms with Crippen molar-refractivity contribution in [2.24, 2.45) is 0 Å². The van der Waals surface area contributed by atoms with Gasteiger partial charge in [0.05, 0.1) is 11.1 Å². The number of carboxylic acids is 1. The van der Waals surface area contributed by atoms with Crippen LogP contribution in [0.2, 0.25) is 0 Å². The molecule has 0 atom stereocenters. The number of nitrogens with zero attached hydrogens (tertiary/aromatic N) is 2. The fourth-order valence-corrected chi connectivity index (χ4v) is 1.55. The van der Waals surface area contributed by atoms with Crippen LogP contribution in [0, 0.1) is 6.92 Å². The second kappa shape index (κ2) is 3.94. The Kier molecular flexibility index (Phi) is 2.68. The molecule has 1 aromatic carbocycles. The summed E-state index contributed by atoms with van der Waals surface area (Å²) in [6.07, 6.45) is -4.45. The van der Waals surface area contributed by atoms with Crippen LogP contribution in [0.4, 0.5) is 13.2 Å². The Balaban J connectivity index is 2.69. The topological polar surface area (TPSA) is 63.1 Å². The molecular weight excluding hydrogens is 249 g/mol. The van der Waals surface area contributed by atoms with Crippen LogP contribution in [-0.2, 0) is 6.18 Å². The molecule has 0 bridgehead atoms. The summed E-state index contributed by atoms with van der Waals surface area (Å²) in [5.41, 5.74) is -0.443. The van der Waals surface area contributed by atoms with Crippen molar-refractivity contribution < 1.29 is 23.1 Å². The van der Waals surface area contributed by atoms with Crippen molar-refractivity contribution >= 4 is 16.9 Å². The van der Waals surface area contributed by atoms with E-state index in [9.17, 15) is 18.0 Å². The van der Waals surface area contributed by atoms with Crippen LogP contribution >= 0.6 is 0 Å². The average molecular weight is 256 g/mol. The summed E-state index contributed by atoms with van der Waals surface area (Å²) in [4.78, 5) is 18.0. The highest BCUT2D eigenvalue weighted by molar-refractivity contribution is 5.88. The highest BCUT2D eigenvalue weighted by Crippen LogP contribution is 2.31. The quantitative estimate of drug-likeness (QED) is 0.851. The van der Waals surface area contributed by atoms with E-state index in [1.165, 1.54) is 6.92 Å². The Morgan fingerprint density at radius 1 is 1.28 bits per heavy atom. The fraction of sp³-hybridized carbons (Fsp3) is 0.182. The van der Waals surface area contributed by atoms with E-state index in [-0.39, 0.29) is 16.6 Å². The third kappa shape index (κ3) is 2.11. The highest BCUT2D eigenvalue weighted by Gasteiger charge is 2.30. The molecule has 1 aromatic heterocycles. The van der Waals surface area contributed by atoms with Crippen molar-refractivity contribution in [3.8, 4) is 0 Å². The minimum atomic E-state index is -4.45. The van der Waals surface area contributed by atoms with E-state index in [1.54, 1.807) is 0 Å². The van der Waals surface area contributed by atoms with Gasteiger partial charge < -0.3 is 5.11 Å². The number of alkyl halides is 3. The minimum Gasteiger partial charge on any atom is -0.475 e. The second-order valence-electron chi connectivity index (χ2n) is 3.67. The molecule has 0 fully saturated rings. The molecule has 0 aliphatic rings. The van der Waals surface area contributed by atoms with Crippen LogP contribution in [0.25, 0.3) is 10.9 Å². The van der Waals surface area contributed by atoms with E-state index in [4.69, 9.17) is 5.11 Å². The van der Waals surface area contributed by atoms with Crippen molar-refractivity contribution in [1.29, 1.82) is 0 Å². The third-order valence-corrected chi connectivity index (χ3v) is 2.40. The van der Waals surface area contributed by atoms with Crippen LogP contribution in [0.3, 0.4) is 0 Å². The van der Waals surface area contributed by atoms with Gasteiger partial charge in [0.1, 0.15) is 0 Å². The maximum atomic E-state index is 12.5. The first-order valence-corrected chi connectivity index (χ1v) is 4.88. The van der Waals surface area contributed by atoms with Gasteiger partial charge in [0.2, 0.25) is 5.82 Å². The summed E-state index contributed by atoms with van der Waals surface area (Å²) in [6, 6.07) is 2.91. The summed E-state index contributed by atoms with van der Waals surface area (Å²) in [6.45, 7) is 1.44. The van der Waals surface area contributed by atoms with Crippen LogP contribution in [0.1, 0.15) is 21.9 Å². The molecule has 0 spiro atoms. The molecular formula is C11H7F3N2O2. The standard InChI is InChI=1S/C11H7F3N2O2/c1-5-7-4-6(11(12,13)14)2-3-8(7)16-9(15-5)10(17)18/h2-4H,1H3,(H,17,18). The normalized spacial score (nSPS) is 11.8. The molecule has 0 amide bonds. The first-order chi connectivity index (χ1) is 8.29. The van der Waals surface area contributed by atoms with Crippen molar-refractivity contribution in [1.82, 2.24) is 9.97 Å². The number of aryl methyl sites for hydroxylation is 1. The number of hydrogen-bond acceptors (Lipinski definition) is 3. The molecule has 4 nitrogen and oxygen atoms in total. The first-order valence-electron chi connectivity index (χ1n) is 4.88. The maximum Gasteiger partial charge on any atom is 0.416 e. The second-order valence-corrected chi connectivity index (χ2v) is 3.67. The van der Waals surface area contributed by atoms with Crippen molar-refractivity contribution in [3.63, 3.8) is 0 Å². The Morgan fingerprint density at radius 2 is 1.94 bits per heavy atom. The number of fused-ring (bicyclic) bond motifs is 1. The van der Waals surface area contributed by atoms with Gasteiger partial charge in [-0.1, -0.05) is 0 Å². The molecule has 2 aromatic rings. The number of rotatable bonds is 1. The van der Waals surface area contributed by atoms with Crippen LogP contribution in [0.5, 0.6) is 0 Å². The predicted molar refractivity (Wildman–Crippen MR) is 56.2 cm³/mol. The van der Waals surface area contributed by atoms with Gasteiger partial charge in [-0.05, 0) is 25.1 Å². The summed E-state index contributed by atoms with van der Waals surface area (Å²) in [5, 5.41) is 8.94. The van der Waals surface area contributed by atoms with Crippen molar-refractivity contribution in [2.45, 2.75) is 13.1 Å². The number of halogens is 3. The van der Waals surface area contributed by atoms with Gasteiger partial charge in [-0.2, -0.15) is 13.2 Å². The SMILES string of the molecule is Cc1nc(C(=O)O)nc2ccc(C(F)(F)F)cc12. The fourth-order valence-electron chi connectivity index (χ4n) is 1.55. The molecule has 7 heteroatoms. The Morgan fingerprint density at radius 3 is 2.50 bits per heavy atom. The highest BCUT2D eigenvalue weighted by atomic mass is 19.4. The third-order valence-electron chi connectivity index (χ3n) is 2.40. The van der Waals surface area contributed by atoms with E-state index < -0.39 is 23.5 Å². The van der Waals surface area contributed by atoms with E-state index in [0.29, 0.717) is 0 Å². The van der Waals surface area contributed by atoms with Gasteiger partial charge in [0.25, 0.3) is 0 Å². The van der Waals surface area contributed by atoms with Crippen LogP contribution in [0.15, 0.2) is 18.2 Å². The molecule has 0 aliphatic carbocycles. The van der Waals surface area contributed by atoms with E-state index in [2.05, 4.69) is 9.97 Å². The van der Waals surface area contributed by atoms with Crippen molar-refractivity contribution in [3.05, 3.63) is 35.3 Å². The molecule has 94 valence electrons. The monoisotopic (exact) mass is 256 g/mol. The van der Waals surface area contributed by atoms with Gasteiger partial charge >= 0.3 is 12.1 Å². The average Bonchev–Trinajstić information content (AvgIpc) is 2.27. The molecule has 0 saturated heterocycles. The summed E-state index contributed by atoms with van der Waals surface area (Å²) in [5.74, 6) is -1.75. The number of aromatic carboxylic acids is 1. The smallest absolute Gasteiger partial charge is 0.416 e. The van der Waals surface area contributed by atoms with E-state index in [1.807, 2.05) is 0 Å². The Labute approximate surface area is 99.1 Å². The molecule has 2 rings (SSSR count). The zero-order valence-corrected chi connectivity index (χ0v) is 9.12. The van der Waals surface area contributed by atoms with Gasteiger partial charge in [-0.15, -0.1) is 0 Å². The molecule has 18 heavy (non-hydrogen) atoms.